The Kier molecular flexibility index (Phi) is 15.5. The van der Waals surface area contributed by atoms with Crippen molar-refractivity contribution >= 4 is 46.3 Å². The molecule has 0 aromatic carbocycles. The van der Waals surface area contributed by atoms with Gasteiger partial charge in [-0.1, -0.05) is 32.9 Å². The second-order valence-electron chi connectivity index (χ2n) is 16.7. The van der Waals surface area contributed by atoms with Gasteiger partial charge >= 0.3 is 5.97 Å². The highest BCUT2D eigenvalue weighted by Gasteiger charge is 2.56. The Morgan fingerprint density at radius 3 is 2.36 bits per heavy atom. The zero-order valence-corrected chi connectivity index (χ0v) is 36.2. The van der Waals surface area contributed by atoms with Gasteiger partial charge in [-0.05, 0) is 79.1 Å². The number of esters is 1. The number of hydrogen-bond acceptors (Lipinski definition) is 15. The zero-order valence-electron chi connectivity index (χ0n) is 35.4. The van der Waals surface area contributed by atoms with E-state index < -0.39 is 101 Å². The molecule has 13 atom stereocenters. The molecule has 58 heavy (non-hydrogen) atoms. The van der Waals surface area contributed by atoms with Crippen molar-refractivity contribution in [1.82, 2.24) is 4.90 Å². The van der Waals surface area contributed by atoms with Crippen LogP contribution in [0.15, 0.2) is 22.3 Å². The van der Waals surface area contributed by atoms with Crippen LogP contribution in [-0.4, -0.2) is 137 Å². The fourth-order valence-electron chi connectivity index (χ4n) is 8.38. The van der Waals surface area contributed by atoms with E-state index in [1.807, 2.05) is 11.8 Å². The molecule has 1 aromatic rings. The molecule has 3 fully saturated rings. The smallest absolute Gasteiger partial charge is 0.351 e. The van der Waals surface area contributed by atoms with Gasteiger partial charge in [0.1, 0.15) is 23.5 Å². The minimum atomic E-state index is -3.23. The molecule has 0 aliphatic carbocycles. The van der Waals surface area contributed by atoms with Gasteiger partial charge in [0.15, 0.2) is 18.7 Å². The van der Waals surface area contributed by atoms with Crippen LogP contribution in [-0.2, 0) is 49.5 Å². The monoisotopic (exact) mass is 840 g/mol. The van der Waals surface area contributed by atoms with Gasteiger partial charge in [-0.15, -0.1) is 11.3 Å². The first-order valence-electron chi connectivity index (χ1n) is 19.7. The van der Waals surface area contributed by atoms with Crippen molar-refractivity contribution in [2.24, 2.45) is 33.6 Å². The summed E-state index contributed by atoms with van der Waals surface area (Å²) in [6.07, 6.45) is -6.60. The number of halogens is 1. The van der Waals surface area contributed by atoms with Crippen LogP contribution in [0.2, 0.25) is 0 Å². The Hall–Kier alpha value is -3.23. The topological polar surface area (TPSA) is 218 Å². The number of likely N-dealkylation sites (N-methyl/N-ethyl adjacent to an activating group) is 1. The van der Waals surface area contributed by atoms with E-state index in [2.05, 4.69) is 10.1 Å². The van der Waals surface area contributed by atoms with Crippen molar-refractivity contribution in [1.29, 1.82) is 0 Å². The molecule has 18 heteroatoms. The number of fused-ring (bicyclic) bond motifs is 5. The average molecular weight is 841 g/mol. The summed E-state index contributed by atoms with van der Waals surface area (Å²) in [5.74, 6) is -6.77. The Labute approximate surface area is 343 Å². The quantitative estimate of drug-likeness (QED) is 0.195. The molecular formula is C40H61FN4O12S. The van der Waals surface area contributed by atoms with Crippen molar-refractivity contribution in [2.45, 2.75) is 148 Å². The highest BCUT2D eigenvalue weighted by molar-refractivity contribution is 7.14. The summed E-state index contributed by atoms with van der Waals surface area (Å²) in [6, 6.07) is 2.83. The molecular weight excluding hydrogens is 780 g/mol. The molecule has 4 rings (SSSR count). The molecule has 3 aliphatic heterocycles. The first-order valence-corrected chi connectivity index (χ1v) is 20.5. The number of primary amides is 1. The number of hydrogen-bond donors (Lipinski definition) is 3. The van der Waals surface area contributed by atoms with Gasteiger partial charge in [0.2, 0.25) is 5.91 Å². The number of nitrogens with two attached hydrogens (primary N) is 1. The second kappa shape index (κ2) is 19.0. The molecule has 2 amide bonds. The van der Waals surface area contributed by atoms with Crippen LogP contribution in [0, 0.1) is 17.8 Å². The lowest BCUT2D eigenvalue weighted by Crippen LogP contribution is -2.61. The van der Waals surface area contributed by atoms with Crippen molar-refractivity contribution in [3.05, 3.63) is 21.9 Å². The number of aliphatic hydroxyl groups excluding tert-OH is 1. The second-order valence-corrected chi connectivity index (χ2v) is 17.8. The molecule has 0 radical (unpaired) electrons. The van der Waals surface area contributed by atoms with Gasteiger partial charge in [-0.25, -0.2) is 14.2 Å². The summed E-state index contributed by atoms with van der Waals surface area (Å²) in [6.45, 7) is 12.8. The molecule has 2 bridgehead atoms. The minimum Gasteiger partial charge on any atom is -0.457 e. The SMILES string of the molecule is CC[C@H]1OC(=O)[C@@](C)(F)C(=O)[C@H](C)[C@@H](O[C@@H]2O[C@H](C)C[C@H](N(C)C)[C@H]2O)[C@@]2(C)C[C@@H](C)C(=NC(C)=O)[C@H](C)[C@H](OC/C(=N\OCc3ccc(C(N)=O)s3)CO2)[C@]1(C)O. The minimum absolute atomic E-state index is 0.0139. The Morgan fingerprint density at radius 2 is 1.78 bits per heavy atom. The third-order valence-electron chi connectivity index (χ3n) is 11.4. The van der Waals surface area contributed by atoms with E-state index >= 15 is 4.39 Å². The van der Waals surface area contributed by atoms with Crippen LogP contribution in [0.5, 0.6) is 0 Å². The standard InChI is InChI=1S/C40H61FN4O12S/c1-12-29-40(9,51)34-22(4)30(43-24(6)46)20(2)16-38(7,53-18-25(17-52-34)44-54-19-26-13-14-28(58-26)35(42)49)33(23(5)32(48)39(8,41)37(50)56-29)57-36-31(47)27(45(10)11)15-21(3)55-36/h13-14,20-23,27,29,31,33-34,36,47,51H,12,15-19H2,1-11H3,(H2,42,49)/b43-30?,44-25+/t20-,21-,22+,23+,27+,29-,31-,33-,34+,36+,38-,39+,40-/m1/s1. The lowest BCUT2D eigenvalue weighted by Gasteiger charge is -2.47. The lowest BCUT2D eigenvalue weighted by atomic mass is 9.73. The van der Waals surface area contributed by atoms with Gasteiger partial charge in [0, 0.05) is 35.4 Å². The number of rotatable bonds is 8. The van der Waals surface area contributed by atoms with Crippen molar-refractivity contribution < 1.29 is 62.3 Å². The molecule has 326 valence electrons. The predicted molar refractivity (Wildman–Crippen MR) is 212 cm³/mol. The highest BCUT2D eigenvalue weighted by atomic mass is 32.1. The number of cyclic esters (lactones) is 1. The third-order valence-corrected chi connectivity index (χ3v) is 12.5. The molecule has 0 spiro atoms. The molecule has 1 aromatic heterocycles. The van der Waals surface area contributed by atoms with Gasteiger partial charge in [-0.3, -0.25) is 14.4 Å². The van der Waals surface area contributed by atoms with Gasteiger partial charge in [-0.2, -0.15) is 0 Å². The zero-order chi connectivity index (χ0) is 43.5. The summed E-state index contributed by atoms with van der Waals surface area (Å²) in [5.41, 5.74) is -0.979. The molecule has 4 heterocycles. The summed E-state index contributed by atoms with van der Waals surface area (Å²) in [5, 5.41) is 28.2. The number of aliphatic imine (C=N–C) groups is 1. The Balaban J connectivity index is 1.96. The van der Waals surface area contributed by atoms with Crippen LogP contribution in [0.4, 0.5) is 4.39 Å². The number of carbonyl (C=O) groups excluding carboxylic acids is 4. The maximum Gasteiger partial charge on any atom is 0.351 e. The number of aliphatic hydroxyl groups is 2. The first-order chi connectivity index (χ1) is 26.9. The van der Waals surface area contributed by atoms with E-state index in [0.717, 1.165) is 18.3 Å². The normalized spacial score (nSPS) is 39.8. The van der Waals surface area contributed by atoms with Crippen LogP contribution in [0.1, 0.15) is 96.1 Å². The number of amides is 2. The molecule has 0 saturated carbocycles. The number of ether oxygens (including phenoxy) is 5. The summed E-state index contributed by atoms with van der Waals surface area (Å²) in [7, 11) is 3.61. The van der Waals surface area contributed by atoms with E-state index in [-0.39, 0.29) is 38.4 Å². The fourth-order valence-corrected chi connectivity index (χ4v) is 9.15. The summed E-state index contributed by atoms with van der Waals surface area (Å²) >= 11 is 1.13. The first kappa shape index (κ1) is 47.4. The van der Waals surface area contributed by atoms with Crippen molar-refractivity contribution in [2.75, 3.05) is 27.3 Å². The van der Waals surface area contributed by atoms with Crippen molar-refractivity contribution in [3.8, 4) is 0 Å². The number of nitrogens with zero attached hydrogens (tertiary/aromatic N) is 3. The number of Topliss-reactive ketones (excluding diaryl/α,β-unsaturated/α-hetero) is 1. The Bertz CT molecular complexity index is 1720. The number of alkyl halides is 1. The van der Waals surface area contributed by atoms with Crippen LogP contribution in [0.25, 0.3) is 0 Å². The van der Waals surface area contributed by atoms with Gasteiger partial charge in [0.25, 0.3) is 11.6 Å². The molecule has 4 N–H and O–H groups in total. The number of thiophene rings is 1. The van der Waals surface area contributed by atoms with E-state index in [1.165, 1.54) is 20.8 Å². The maximum absolute atomic E-state index is 16.8. The average Bonchev–Trinajstić information content (AvgIpc) is 3.62. The van der Waals surface area contributed by atoms with E-state index in [1.54, 1.807) is 53.9 Å². The molecule has 3 saturated heterocycles. The van der Waals surface area contributed by atoms with Crippen LogP contribution >= 0.6 is 11.3 Å². The van der Waals surface area contributed by atoms with E-state index in [4.69, 9.17) is 34.3 Å². The predicted octanol–water partition coefficient (Wildman–Crippen LogP) is 3.37. The maximum atomic E-state index is 16.8. The summed E-state index contributed by atoms with van der Waals surface area (Å²) < 4.78 is 48.5. The highest BCUT2D eigenvalue weighted by Crippen LogP contribution is 2.41. The Morgan fingerprint density at radius 1 is 1.10 bits per heavy atom. The fraction of sp³-hybridized carbons (Fsp3) is 0.750. The largest absolute Gasteiger partial charge is 0.457 e. The number of carbonyl (C=O) groups is 4. The van der Waals surface area contributed by atoms with Gasteiger partial charge in [0.05, 0.1) is 42.0 Å². The van der Waals surface area contributed by atoms with E-state index in [9.17, 15) is 29.4 Å². The molecule has 0 unspecified atom stereocenters. The van der Waals surface area contributed by atoms with Crippen LogP contribution < -0.4 is 5.73 Å². The molecule has 16 nitrogen and oxygen atoms in total. The number of ketones is 1. The van der Waals surface area contributed by atoms with Crippen molar-refractivity contribution in [3.63, 3.8) is 0 Å². The lowest BCUT2D eigenvalue weighted by molar-refractivity contribution is -0.296. The summed E-state index contributed by atoms with van der Waals surface area (Å²) in [4.78, 5) is 65.6. The molecule has 3 aliphatic rings. The van der Waals surface area contributed by atoms with Gasteiger partial charge < -0.3 is 49.4 Å². The van der Waals surface area contributed by atoms with Crippen LogP contribution in [0.3, 0.4) is 0 Å². The number of oxime groups is 1. The van der Waals surface area contributed by atoms with E-state index in [0.29, 0.717) is 21.9 Å². The third kappa shape index (κ3) is 10.6.